The average molecular weight is 351 g/mol. The van der Waals surface area contributed by atoms with Gasteiger partial charge in [-0.25, -0.2) is 18.4 Å². The van der Waals surface area contributed by atoms with Crippen LogP contribution >= 0.6 is 11.6 Å². The van der Waals surface area contributed by atoms with Gasteiger partial charge in [0.1, 0.15) is 11.0 Å². The van der Waals surface area contributed by atoms with Crippen LogP contribution in [0.2, 0.25) is 5.15 Å². The Morgan fingerprint density at radius 2 is 2.09 bits per heavy atom. The van der Waals surface area contributed by atoms with Crippen LogP contribution in [0.1, 0.15) is 5.56 Å². The molecule has 0 aliphatic carbocycles. The molecule has 0 aliphatic rings. The third-order valence-electron chi connectivity index (χ3n) is 3.63. The maximum absolute atomic E-state index is 11.8. The summed E-state index contributed by atoms with van der Waals surface area (Å²) < 4.78 is 26.8. The number of nitrogens with zero attached hydrogens (tertiary/aromatic N) is 4. The molecule has 0 fully saturated rings. The van der Waals surface area contributed by atoms with Crippen LogP contribution in [0.15, 0.2) is 42.9 Å². The van der Waals surface area contributed by atoms with Gasteiger partial charge >= 0.3 is 0 Å². The van der Waals surface area contributed by atoms with Crippen molar-refractivity contribution in [1.29, 1.82) is 0 Å². The molecule has 6 nitrogen and oxygen atoms in total. The van der Waals surface area contributed by atoms with Crippen molar-refractivity contribution in [3.8, 4) is 0 Å². The molecule has 0 unspecified atom stereocenters. The van der Waals surface area contributed by atoms with Crippen LogP contribution in [-0.2, 0) is 16.6 Å². The molecule has 0 atom stereocenters. The highest BCUT2D eigenvalue weighted by molar-refractivity contribution is 7.92. The Labute approximate surface area is 139 Å². The molecule has 3 rings (SSSR count). The van der Waals surface area contributed by atoms with Crippen LogP contribution in [0, 0.1) is 0 Å². The van der Waals surface area contributed by atoms with Crippen molar-refractivity contribution in [2.45, 2.75) is 6.54 Å². The van der Waals surface area contributed by atoms with Crippen molar-refractivity contribution in [2.24, 2.45) is 0 Å². The van der Waals surface area contributed by atoms with Gasteiger partial charge in [0, 0.05) is 36.6 Å². The highest BCUT2D eigenvalue weighted by Crippen LogP contribution is 2.23. The Hall–Kier alpha value is -2.12. The van der Waals surface area contributed by atoms with Crippen LogP contribution in [0.4, 0.5) is 5.82 Å². The second kappa shape index (κ2) is 5.82. The van der Waals surface area contributed by atoms with E-state index in [0.29, 0.717) is 17.5 Å². The predicted molar refractivity (Wildman–Crippen MR) is 91.3 cm³/mol. The molecular formula is C15H15ClN4O2S. The van der Waals surface area contributed by atoms with Gasteiger partial charge in [-0.15, -0.1) is 0 Å². The number of hydrogen-bond acceptors (Lipinski definition) is 4. The molecule has 3 aromatic rings. The smallest absolute Gasteiger partial charge is 0.233 e. The number of rotatable bonds is 4. The summed E-state index contributed by atoms with van der Waals surface area (Å²) in [6.45, 7) is 0.479. The fourth-order valence-electron chi connectivity index (χ4n) is 2.37. The summed E-state index contributed by atoms with van der Waals surface area (Å²) in [4.78, 5) is 8.28. The predicted octanol–water partition coefficient (Wildman–Crippen LogP) is 2.53. The zero-order chi connectivity index (χ0) is 16.6. The van der Waals surface area contributed by atoms with Gasteiger partial charge in [-0.3, -0.25) is 4.31 Å². The first-order valence-electron chi connectivity index (χ1n) is 6.84. The zero-order valence-corrected chi connectivity index (χ0v) is 14.2. The molecule has 0 bridgehead atoms. The third-order valence-corrected chi connectivity index (χ3v) is 5.00. The lowest BCUT2D eigenvalue weighted by Gasteiger charge is -2.19. The van der Waals surface area contributed by atoms with Gasteiger partial charge in [-0.2, -0.15) is 0 Å². The first-order valence-corrected chi connectivity index (χ1v) is 9.07. The number of hydrogen-bond donors (Lipinski definition) is 0. The molecule has 0 aromatic carbocycles. The number of anilines is 1. The van der Waals surface area contributed by atoms with Crippen molar-refractivity contribution in [3.05, 3.63) is 53.6 Å². The van der Waals surface area contributed by atoms with Crippen molar-refractivity contribution in [1.82, 2.24) is 14.5 Å². The monoisotopic (exact) mass is 350 g/mol. The Balaban J connectivity index is 2.05. The topological polar surface area (TPSA) is 68.1 Å². The SMILES string of the molecule is CN(c1ncccc1Cn1ccc2cnc(Cl)cc21)S(C)(=O)=O. The lowest BCUT2D eigenvalue weighted by Crippen LogP contribution is -2.27. The maximum Gasteiger partial charge on any atom is 0.233 e. The standard InChI is InChI=1S/C15H15ClN4O2S/c1-19(23(2,21)22)15-12(4-3-6-17-15)10-20-7-5-11-9-18-14(16)8-13(11)20/h3-9H,10H2,1-2H3. The summed E-state index contributed by atoms with van der Waals surface area (Å²) in [5, 5.41) is 1.38. The number of halogens is 1. The van der Waals surface area contributed by atoms with Gasteiger partial charge in [0.25, 0.3) is 0 Å². The van der Waals surface area contributed by atoms with Crippen molar-refractivity contribution >= 4 is 38.3 Å². The van der Waals surface area contributed by atoms with Crippen LogP contribution in [0.3, 0.4) is 0 Å². The molecule has 120 valence electrons. The van der Waals surface area contributed by atoms with Crippen molar-refractivity contribution in [3.63, 3.8) is 0 Å². The molecule has 0 spiro atoms. The van der Waals surface area contributed by atoms with Gasteiger partial charge < -0.3 is 4.57 Å². The largest absolute Gasteiger partial charge is 0.343 e. The first-order chi connectivity index (χ1) is 10.9. The van der Waals surface area contributed by atoms with Crippen LogP contribution in [0.25, 0.3) is 10.9 Å². The van der Waals surface area contributed by atoms with Crippen molar-refractivity contribution < 1.29 is 8.42 Å². The fourth-order valence-corrected chi connectivity index (χ4v) is 3.00. The molecule has 0 saturated carbocycles. The zero-order valence-electron chi connectivity index (χ0n) is 12.6. The molecular weight excluding hydrogens is 336 g/mol. The van der Waals surface area contributed by atoms with E-state index in [1.807, 2.05) is 22.9 Å². The second-order valence-electron chi connectivity index (χ2n) is 5.23. The minimum atomic E-state index is -3.38. The van der Waals surface area contributed by atoms with E-state index >= 15 is 0 Å². The molecule has 3 heterocycles. The lowest BCUT2D eigenvalue weighted by atomic mass is 10.2. The highest BCUT2D eigenvalue weighted by Gasteiger charge is 2.17. The van der Waals surface area contributed by atoms with E-state index in [4.69, 9.17) is 11.6 Å². The summed E-state index contributed by atoms with van der Waals surface area (Å²) in [6.07, 6.45) is 6.36. The summed E-state index contributed by atoms with van der Waals surface area (Å²) in [5.74, 6) is 0.414. The number of fused-ring (bicyclic) bond motifs is 1. The molecule has 0 amide bonds. The molecule has 3 aromatic heterocycles. The minimum absolute atomic E-state index is 0.414. The molecule has 0 aliphatic heterocycles. The molecule has 23 heavy (non-hydrogen) atoms. The normalized spacial score (nSPS) is 11.8. The van der Waals surface area contributed by atoms with Crippen LogP contribution < -0.4 is 4.31 Å². The molecule has 0 saturated heterocycles. The van der Waals surface area contributed by atoms with E-state index in [0.717, 1.165) is 22.7 Å². The molecule has 0 N–H and O–H groups in total. The van der Waals surface area contributed by atoms with E-state index in [1.54, 1.807) is 24.5 Å². The summed E-state index contributed by atoms with van der Waals surface area (Å²) in [7, 11) is -1.88. The minimum Gasteiger partial charge on any atom is -0.343 e. The fraction of sp³-hybridized carbons (Fsp3) is 0.200. The summed E-state index contributed by atoms with van der Waals surface area (Å²) in [6, 6.07) is 7.37. The van der Waals surface area contributed by atoms with Gasteiger partial charge in [0.15, 0.2) is 0 Å². The van der Waals surface area contributed by atoms with E-state index in [-0.39, 0.29) is 0 Å². The van der Waals surface area contributed by atoms with Crippen LogP contribution in [0.5, 0.6) is 0 Å². The number of aromatic nitrogens is 3. The Morgan fingerprint density at radius 1 is 1.30 bits per heavy atom. The molecule has 0 radical (unpaired) electrons. The van der Waals surface area contributed by atoms with Gasteiger partial charge in [0.05, 0.1) is 18.3 Å². The van der Waals surface area contributed by atoms with E-state index in [9.17, 15) is 8.42 Å². The van der Waals surface area contributed by atoms with Gasteiger partial charge in [-0.05, 0) is 18.2 Å². The number of pyridine rings is 2. The Morgan fingerprint density at radius 3 is 2.83 bits per heavy atom. The maximum atomic E-state index is 11.8. The van der Waals surface area contributed by atoms with E-state index in [2.05, 4.69) is 9.97 Å². The van der Waals surface area contributed by atoms with E-state index < -0.39 is 10.0 Å². The summed E-state index contributed by atoms with van der Waals surface area (Å²) >= 11 is 5.97. The Kier molecular flexibility index (Phi) is 3.99. The van der Waals surface area contributed by atoms with Gasteiger partial charge in [0.2, 0.25) is 10.0 Å². The summed E-state index contributed by atoms with van der Waals surface area (Å²) in [5.41, 5.74) is 1.73. The number of sulfonamides is 1. The van der Waals surface area contributed by atoms with Crippen LogP contribution in [-0.4, -0.2) is 36.3 Å². The second-order valence-corrected chi connectivity index (χ2v) is 7.63. The molecule has 8 heteroatoms. The average Bonchev–Trinajstić information content (AvgIpc) is 2.88. The quantitative estimate of drug-likeness (QED) is 0.678. The Bertz CT molecular complexity index is 969. The van der Waals surface area contributed by atoms with Gasteiger partial charge in [-0.1, -0.05) is 17.7 Å². The van der Waals surface area contributed by atoms with E-state index in [1.165, 1.54) is 11.4 Å². The third kappa shape index (κ3) is 3.16. The first kappa shape index (κ1) is 15.8. The lowest BCUT2D eigenvalue weighted by molar-refractivity contribution is 0.599. The highest BCUT2D eigenvalue weighted by atomic mass is 35.5. The van der Waals surface area contributed by atoms with Crippen molar-refractivity contribution in [2.75, 3.05) is 17.6 Å².